The Morgan fingerprint density at radius 3 is 2.34 bits per heavy atom. The molecule has 0 heterocycles. The van der Waals surface area contributed by atoms with E-state index >= 15 is 0 Å². The average Bonchev–Trinajstić information content (AvgIpc) is 2.73. The van der Waals surface area contributed by atoms with E-state index in [1.54, 1.807) is 31.2 Å². The molecule has 6 heteroatoms. The molecule has 3 aromatic carbocycles. The number of ether oxygens (including phenoxy) is 2. The Kier molecular flexibility index (Phi) is 6.47. The summed E-state index contributed by atoms with van der Waals surface area (Å²) in [6.07, 6.45) is 0. The van der Waals surface area contributed by atoms with Crippen LogP contribution in [0.4, 0.5) is 0 Å². The third-order valence-corrected chi connectivity index (χ3v) is 4.22. The van der Waals surface area contributed by atoms with Gasteiger partial charge in [0, 0.05) is 11.6 Å². The fourth-order valence-corrected chi connectivity index (χ4v) is 2.54. The number of hydrogen-bond donors (Lipinski definition) is 3. The van der Waals surface area contributed by atoms with Gasteiger partial charge in [0.15, 0.2) is 0 Å². The van der Waals surface area contributed by atoms with E-state index in [2.05, 4.69) is 5.32 Å². The van der Waals surface area contributed by atoms with Crippen LogP contribution in [0.15, 0.2) is 78.9 Å². The van der Waals surface area contributed by atoms with Crippen LogP contribution in [0.2, 0.25) is 0 Å². The van der Waals surface area contributed by atoms with Crippen molar-refractivity contribution in [2.24, 2.45) is 5.73 Å². The maximum Gasteiger partial charge on any atom is 0.251 e. The highest BCUT2D eigenvalue weighted by molar-refractivity contribution is 5.97. The number of nitrogens with two attached hydrogens (primary N) is 1. The molecule has 148 valence electrons. The summed E-state index contributed by atoms with van der Waals surface area (Å²) in [6, 6.07) is 23.6. The third kappa shape index (κ3) is 5.84. The summed E-state index contributed by atoms with van der Waals surface area (Å²) in [7, 11) is 0. The third-order valence-electron chi connectivity index (χ3n) is 4.22. The second kappa shape index (κ2) is 9.41. The van der Waals surface area contributed by atoms with Gasteiger partial charge in [0.25, 0.3) is 5.91 Å². The second-order valence-corrected chi connectivity index (χ2v) is 6.53. The molecule has 0 aliphatic carbocycles. The molecule has 4 N–H and O–H groups in total. The van der Waals surface area contributed by atoms with E-state index in [4.69, 9.17) is 20.6 Å². The number of nitrogens with one attached hydrogen (secondary N) is 2. The van der Waals surface area contributed by atoms with Crippen molar-refractivity contribution in [3.63, 3.8) is 0 Å². The van der Waals surface area contributed by atoms with E-state index in [1.165, 1.54) is 0 Å². The number of carbonyl (C=O) groups excluding carboxylic acids is 1. The van der Waals surface area contributed by atoms with Gasteiger partial charge in [0.05, 0.1) is 6.04 Å². The number of amidine groups is 1. The number of carbonyl (C=O) groups is 1. The number of rotatable bonds is 8. The van der Waals surface area contributed by atoms with Crippen molar-refractivity contribution < 1.29 is 14.3 Å². The minimum Gasteiger partial charge on any atom is -0.489 e. The van der Waals surface area contributed by atoms with E-state index in [9.17, 15) is 4.79 Å². The predicted molar refractivity (Wildman–Crippen MR) is 113 cm³/mol. The van der Waals surface area contributed by atoms with Gasteiger partial charge in [0.1, 0.15) is 29.7 Å². The lowest BCUT2D eigenvalue weighted by Gasteiger charge is -2.12. The van der Waals surface area contributed by atoms with Crippen molar-refractivity contribution in [3.05, 3.63) is 90.0 Å². The zero-order valence-corrected chi connectivity index (χ0v) is 16.1. The summed E-state index contributed by atoms with van der Waals surface area (Å²) in [6.45, 7) is 2.14. The van der Waals surface area contributed by atoms with Gasteiger partial charge in [-0.1, -0.05) is 36.4 Å². The Morgan fingerprint density at radius 2 is 1.66 bits per heavy atom. The maximum absolute atomic E-state index is 12.1. The van der Waals surface area contributed by atoms with Crippen LogP contribution in [0.1, 0.15) is 22.8 Å². The van der Waals surface area contributed by atoms with Crippen molar-refractivity contribution in [2.75, 3.05) is 0 Å². The summed E-state index contributed by atoms with van der Waals surface area (Å²) in [5.74, 6) is 1.56. The Balaban J connectivity index is 1.60. The molecule has 0 saturated heterocycles. The lowest BCUT2D eigenvalue weighted by atomic mass is 10.2. The molecule has 1 amide bonds. The summed E-state index contributed by atoms with van der Waals surface area (Å²) in [5.41, 5.74) is 6.93. The second-order valence-electron chi connectivity index (χ2n) is 6.53. The van der Waals surface area contributed by atoms with Crippen LogP contribution in [-0.2, 0) is 6.61 Å². The first-order valence-electron chi connectivity index (χ1n) is 9.21. The van der Waals surface area contributed by atoms with E-state index in [0.29, 0.717) is 29.4 Å². The Labute approximate surface area is 169 Å². The number of hydrogen-bond acceptors (Lipinski definition) is 4. The SMILES string of the molecule is C[C@@H](NC(=O)c1ccc(Oc2cccc(OCc3ccccc3)c2)cc1)C(=N)N. The zero-order valence-electron chi connectivity index (χ0n) is 16.1. The lowest BCUT2D eigenvalue weighted by Crippen LogP contribution is -2.41. The molecule has 0 aromatic heterocycles. The molecule has 0 aliphatic heterocycles. The normalized spacial score (nSPS) is 11.3. The lowest BCUT2D eigenvalue weighted by molar-refractivity contribution is 0.0949. The van der Waals surface area contributed by atoms with Crippen molar-refractivity contribution in [1.82, 2.24) is 5.32 Å². The molecule has 1 atom stereocenters. The smallest absolute Gasteiger partial charge is 0.251 e. The average molecular weight is 389 g/mol. The highest BCUT2D eigenvalue weighted by Gasteiger charge is 2.11. The van der Waals surface area contributed by atoms with E-state index in [1.807, 2.05) is 54.6 Å². The molecule has 0 aliphatic rings. The molecular weight excluding hydrogens is 366 g/mol. The van der Waals surface area contributed by atoms with Crippen LogP contribution < -0.4 is 20.5 Å². The molecule has 3 rings (SSSR count). The quantitative estimate of drug-likeness (QED) is 0.399. The van der Waals surface area contributed by atoms with E-state index in [-0.39, 0.29) is 11.7 Å². The Hall–Kier alpha value is -3.80. The zero-order chi connectivity index (χ0) is 20.6. The van der Waals surface area contributed by atoms with Gasteiger partial charge in [-0.25, -0.2) is 0 Å². The summed E-state index contributed by atoms with van der Waals surface area (Å²) in [5, 5.41) is 10.00. The van der Waals surface area contributed by atoms with Gasteiger partial charge < -0.3 is 20.5 Å². The molecule has 6 nitrogen and oxygen atoms in total. The fourth-order valence-electron chi connectivity index (χ4n) is 2.54. The van der Waals surface area contributed by atoms with Gasteiger partial charge in [-0.05, 0) is 48.9 Å². The summed E-state index contributed by atoms with van der Waals surface area (Å²) >= 11 is 0. The molecule has 0 radical (unpaired) electrons. The minimum atomic E-state index is -0.517. The van der Waals surface area contributed by atoms with Gasteiger partial charge in [-0.2, -0.15) is 0 Å². The molecular formula is C23H23N3O3. The Morgan fingerprint density at radius 1 is 0.966 bits per heavy atom. The van der Waals surface area contributed by atoms with E-state index in [0.717, 1.165) is 5.56 Å². The minimum absolute atomic E-state index is 0.0901. The maximum atomic E-state index is 12.1. The molecule has 0 unspecified atom stereocenters. The van der Waals surface area contributed by atoms with Crippen molar-refractivity contribution >= 4 is 11.7 Å². The molecule has 3 aromatic rings. The summed E-state index contributed by atoms with van der Waals surface area (Å²) in [4.78, 5) is 12.1. The van der Waals surface area contributed by atoms with Crippen LogP contribution in [-0.4, -0.2) is 17.8 Å². The largest absolute Gasteiger partial charge is 0.489 e. The molecule has 29 heavy (non-hydrogen) atoms. The fraction of sp³-hybridized carbons (Fsp3) is 0.130. The molecule has 0 saturated carbocycles. The molecule has 0 bridgehead atoms. The van der Waals surface area contributed by atoms with Gasteiger partial charge in [-0.15, -0.1) is 0 Å². The number of amides is 1. The molecule has 0 spiro atoms. The van der Waals surface area contributed by atoms with Crippen molar-refractivity contribution in [3.8, 4) is 17.2 Å². The summed E-state index contributed by atoms with van der Waals surface area (Å²) < 4.78 is 11.7. The first kappa shape index (κ1) is 19.9. The van der Waals surface area contributed by atoms with E-state index < -0.39 is 6.04 Å². The molecule has 0 fully saturated rings. The van der Waals surface area contributed by atoms with Crippen LogP contribution >= 0.6 is 0 Å². The van der Waals surface area contributed by atoms with Crippen LogP contribution in [0.5, 0.6) is 17.2 Å². The highest BCUT2D eigenvalue weighted by atomic mass is 16.5. The van der Waals surface area contributed by atoms with Gasteiger partial charge in [-0.3, -0.25) is 10.2 Å². The monoisotopic (exact) mass is 389 g/mol. The van der Waals surface area contributed by atoms with Crippen LogP contribution in [0, 0.1) is 5.41 Å². The predicted octanol–water partition coefficient (Wildman–Crippen LogP) is 4.11. The topological polar surface area (TPSA) is 97.4 Å². The first-order valence-corrected chi connectivity index (χ1v) is 9.21. The van der Waals surface area contributed by atoms with Crippen molar-refractivity contribution in [1.29, 1.82) is 5.41 Å². The van der Waals surface area contributed by atoms with Crippen molar-refractivity contribution in [2.45, 2.75) is 19.6 Å². The first-order chi connectivity index (χ1) is 14.0. The Bertz CT molecular complexity index is 972. The number of benzene rings is 3. The van der Waals surface area contributed by atoms with Crippen LogP contribution in [0.25, 0.3) is 0 Å². The standard InChI is InChI=1S/C23H23N3O3/c1-16(22(24)25)26-23(27)18-10-12-19(13-11-18)29-21-9-5-8-20(14-21)28-15-17-6-3-2-4-7-17/h2-14,16H,15H2,1H3,(H3,24,25)(H,26,27)/t16-/m1/s1. The van der Waals surface area contributed by atoms with Crippen LogP contribution in [0.3, 0.4) is 0 Å². The van der Waals surface area contributed by atoms with Gasteiger partial charge in [0.2, 0.25) is 0 Å². The van der Waals surface area contributed by atoms with Gasteiger partial charge >= 0.3 is 0 Å². The highest BCUT2D eigenvalue weighted by Crippen LogP contribution is 2.26.